The molecule has 0 radical (unpaired) electrons. The third-order valence-electron chi connectivity index (χ3n) is 4.42. The van der Waals surface area contributed by atoms with E-state index in [1.54, 1.807) is 0 Å². The molecule has 2 saturated heterocycles. The molecule has 2 aliphatic rings. The SMILES string of the molecule is CCN(C(=O)c1cc(C)[nH]n1)C1CC2CCC(C1)N2. The van der Waals surface area contributed by atoms with Crippen LogP contribution in [0.3, 0.4) is 0 Å². The molecule has 2 aliphatic heterocycles. The van der Waals surface area contributed by atoms with E-state index in [0.29, 0.717) is 23.8 Å². The lowest BCUT2D eigenvalue weighted by Crippen LogP contribution is -2.50. The third-order valence-corrected chi connectivity index (χ3v) is 4.42. The second-order valence-corrected chi connectivity index (χ2v) is 5.79. The highest BCUT2D eigenvalue weighted by atomic mass is 16.2. The van der Waals surface area contributed by atoms with Crippen molar-refractivity contribution in [2.75, 3.05) is 6.54 Å². The molecule has 5 heteroatoms. The van der Waals surface area contributed by atoms with Crippen LogP contribution >= 0.6 is 0 Å². The Balaban J connectivity index is 1.75. The molecule has 5 nitrogen and oxygen atoms in total. The van der Waals surface area contributed by atoms with Crippen molar-refractivity contribution in [1.82, 2.24) is 20.4 Å². The topological polar surface area (TPSA) is 61.0 Å². The van der Waals surface area contributed by atoms with Gasteiger partial charge in [0, 0.05) is 30.4 Å². The van der Waals surface area contributed by atoms with Crippen molar-refractivity contribution in [2.45, 2.75) is 57.7 Å². The first kappa shape index (κ1) is 12.7. The number of nitrogens with zero attached hydrogens (tertiary/aromatic N) is 2. The minimum Gasteiger partial charge on any atom is -0.334 e. The van der Waals surface area contributed by atoms with Crippen LogP contribution in [0.25, 0.3) is 0 Å². The fourth-order valence-electron chi connectivity index (χ4n) is 3.52. The molecular weight excluding hydrogens is 240 g/mol. The van der Waals surface area contributed by atoms with Gasteiger partial charge in [-0.3, -0.25) is 9.89 Å². The first-order valence-corrected chi connectivity index (χ1v) is 7.26. The molecule has 2 fully saturated rings. The number of piperidine rings is 1. The highest BCUT2D eigenvalue weighted by Crippen LogP contribution is 2.30. The summed E-state index contributed by atoms with van der Waals surface area (Å²) in [7, 11) is 0. The van der Waals surface area contributed by atoms with Gasteiger partial charge in [-0.05, 0) is 45.6 Å². The highest BCUT2D eigenvalue weighted by Gasteiger charge is 2.37. The van der Waals surface area contributed by atoms with E-state index < -0.39 is 0 Å². The average molecular weight is 262 g/mol. The Hall–Kier alpha value is -1.36. The summed E-state index contributed by atoms with van der Waals surface area (Å²) in [5.74, 6) is 0.0677. The number of fused-ring (bicyclic) bond motifs is 2. The molecule has 2 N–H and O–H groups in total. The van der Waals surface area contributed by atoms with Crippen LogP contribution in [0.5, 0.6) is 0 Å². The zero-order chi connectivity index (χ0) is 13.4. The molecule has 0 aliphatic carbocycles. The average Bonchev–Trinajstić information content (AvgIpc) is 2.97. The minimum atomic E-state index is 0.0677. The Kier molecular flexibility index (Phi) is 3.31. The molecule has 1 amide bonds. The first-order chi connectivity index (χ1) is 9.17. The van der Waals surface area contributed by atoms with Gasteiger partial charge in [0.25, 0.3) is 5.91 Å². The van der Waals surface area contributed by atoms with E-state index in [1.165, 1.54) is 12.8 Å². The molecule has 19 heavy (non-hydrogen) atoms. The number of rotatable bonds is 3. The molecule has 0 spiro atoms. The van der Waals surface area contributed by atoms with Crippen LogP contribution < -0.4 is 5.32 Å². The van der Waals surface area contributed by atoms with Gasteiger partial charge in [0.1, 0.15) is 5.69 Å². The Bertz CT molecular complexity index is 458. The Morgan fingerprint density at radius 1 is 1.42 bits per heavy atom. The standard InChI is InChI=1S/C14H22N4O/c1-3-18(14(19)13-6-9(2)16-17-13)12-7-10-4-5-11(8-12)15-10/h6,10-12,15H,3-5,7-8H2,1-2H3,(H,16,17). The number of carbonyl (C=O) groups excluding carboxylic acids is 1. The summed E-state index contributed by atoms with van der Waals surface area (Å²) < 4.78 is 0. The van der Waals surface area contributed by atoms with E-state index in [0.717, 1.165) is 25.1 Å². The Morgan fingerprint density at radius 2 is 2.11 bits per heavy atom. The van der Waals surface area contributed by atoms with Gasteiger partial charge < -0.3 is 10.2 Å². The number of aromatic nitrogens is 2. The molecule has 2 unspecified atom stereocenters. The van der Waals surface area contributed by atoms with Crippen LogP contribution in [0, 0.1) is 6.92 Å². The van der Waals surface area contributed by atoms with Crippen LogP contribution in [0.2, 0.25) is 0 Å². The van der Waals surface area contributed by atoms with Crippen LogP contribution in [-0.4, -0.2) is 45.7 Å². The van der Waals surface area contributed by atoms with Crippen LogP contribution in [0.15, 0.2) is 6.07 Å². The zero-order valence-electron chi connectivity index (χ0n) is 11.6. The van der Waals surface area contributed by atoms with Gasteiger partial charge in [-0.25, -0.2) is 0 Å². The maximum atomic E-state index is 12.5. The molecule has 3 rings (SSSR count). The predicted octanol–water partition coefficient (Wildman–Crippen LogP) is 1.46. The Labute approximate surface area is 113 Å². The second-order valence-electron chi connectivity index (χ2n) is 5.79. The molecule has 1 aromatic heterocycles. The van der Waals surface area contributed by atoms with Crippen LogP contribution in [0.1, 0.15) is 48.8 Å². The van der Waals surface area contributed by atoms with Crippen LogP contribution in [-0.2, 0) is 0 Å². The van der Waals surface area contributed by atoms with E-state index in [2.05, 4.69) is 22.4 Å². The summed E-state index contributed by atoms with van der Waals surface area (Å²) in [6, 6.07) is 3.41. The van der Waals surface area contributed by atoms with Crippen molar-refractivity contribution < 1.29 is 4.79 Å². The number of nitrogens with one attached hydrogen (secondary N) is 2. The summed E-state index contributed by atoms with van der Waals surface area (Å²) in [4.78, 5) is 14.5. The van der Waals surface area contributed by atoms with Gasteiger partial charge >= 0.3 is 0 Å². The molecule has 3 heterocycles. The predicted molar refractivity (Wildman–Crippen MR) is 73.0 cm³/mol. The van der Waals surface area contributed by atoms with Crippen LogP contribution in [0.4, 0.5) is 0 Å². The van der Waals surface area contributed by atoms with Gasteiger partial charge in [0.2, 0.25) is 0 Å². The lowest BCUT2D eigenvalue weighted by atomic mass is 9.98. The van der Waals surface area contributed by atoms with E-state index in [1.807, 2.05) is 17.9 Å². The maximum Gasteiger partial charge on any atom is 0.274 e. The zero-order valence-corrected chi connectivity index (χ0v) is 11.6. The summed E-state index contributed by atoms with van der Waals surface area (Å²) in [5.41, 5.74) is 1.48. The number of carbonyl (C=O) groups is 1. The number of H-pyrrole nitrogens is 1. The van der Waals surface area contributed by atoms with Crippen molar-refractivity contribution in [1.29, 1.82) is 0 Å². The van der Waals surface area contributed by atoms with Crippen molar-refractivity contribution >= 4 is 5.91 Å². The summed E-state index contributed by atoms with van der Waals surface area (Å²) >= 11 is 0. The fraction of sp³-hybridized carbons (Fsp3) is 0.714. The van der Waals surface area contributed by atoms with Gasteiger partial charge in [0.05, 0.1) is 0 Å². The van der Waals surface area contributed by atoms with Gasteiger partial charge in [-0.1, -0.05) is 0 Å². The quantitative estimate of drug-likeness (QED) is 0.867. The number of hydrogen-bond donors (Lipinski definition) is 2. The molecule has 1 aromatic rings. The maximum absolute atomic E-state index is 12.5. The highest BCUT2D eigenvalue weighted by molar-refractivity contribution is 5.92. The van der Waals surface area contributed by atoms with Gasteiger partial charge in [-0.2, -0.15) is 5.10 Å². The number of aromatic amines is 1. The van der Waals surface area contributed by atoms with E-state index in [-0.39, 0.29) is 5.91 Å². The number of aryl methyl sites for hydroxylation is 1. The monoisotopic (exact) mass is 262 g/mol. The number of amides is 1. The van der Waals surface area contributed by atoms with Gasteiger partial charge in [-0.15, -0.1) is 0 Å². The minimum absolute atomic E-state index is 0.0677. The summed E-state index contributed by atoms with van der Waals surface area (Å²) in [5, 5.41) is 10.6. The largest absolute Gasteiger partial charge is 0.334 e. The van der Waals surface area contributed by atoms with Gasteiger partial charge in [0.15, 0.2) is 0 Å². The molecule has 0 aromatic carbocycles. The smallest absolute Gasteiger partial charge is 0.274 e. The second kappa shape index (κ2) is 4.96. The van der Waals surface area contributed by atoms with Crippen molar-refractivity contribution in [3.8, 4) is 0 Å². The summed E-state index contributed by atoms with van der Waals surface area (Å²) in [6.45, 7) is 4.74. The normalized spacial score (nSPS) is 29.5. The molecule has 0 saturated carbocycles. The molecule has 2 bridgehead atoms. The molecular formula is C14H22N4O. The van der Waals surface area contributed by atoms with Crippen molar-refractivity contribution in [2.24, 2.45) is 0 Å². The van der Waals surface area contributed by atoms with E-state index in [9.17, 15) is 4.79 Å². The van der Waals surface area contributed by atoms with E-state index in [4.69, 9.17) is 0 Å². The fourth-order valence-corrected chi connectivity index (χ4v) is 3.52. The lowest BCUT2D eigenvalue weighted by molar-refractivity contribution is 0.0625. The summed E-state index contributed by atoms with van der Waals surface area (Å²) in [6.07, 6.45) is 4.68. The lowest BCUT2D eigenvalue weighted by Gasteiger charge is -2.37. The Morgan fingerprint density at radius 3 is 2.63 bits per heavy atom. The van der Waals surface area contributed by atoms with Crippen molar-refractivity contribution in [3.05, 3.63) is 17.5 Å². The van der Waals surface area contributed by atoms with Crippen molar-refractivity contribution in [3.63, 3.8) is 0 Å². The molecule has 2 atom stereocenters. The first-order valence-electron chi connectivity index (χ1n) is 7.26. The third kappa shape index (κ3) is 2.39. The number of hydrogen-bond acceptors (Lipinski definition) is 3. The van der Waals surface area contributed by atoms with E-state index >= 15 is 0 Å². The molecule has 104 valence electrons.